The highest BCUT2D eigenvalue weighted by Gasteiger charge is 2.34. The van der Waals surface area contributed by atoms with Gasteiger partial charge in [0, 0.05) is 6.54 Å². The van der Waals surface area contributed by atoms with Gasteiger partial charge >= 0.3 is 5.97 Å². The van der Waals surface area contributed by atoms with Gasteiger partial charge in [-0.3, -0.25) is 19.3 Å². The Kier molecular flexibility index (Phi) is 3.62. The maximum absolute atomic E-state index is 12.0. The smallest absolute Gasteiger partial charge is 0.308 e. The number of ether oxygens (including phenoxy) is 1. The molecule has 0 aliphatic carbocycles. The summed E-state index contributed by atoms with van der Waals surface area (Å²) in [5.74, 6) is 0.867. The highest BCUT2D eigenvalue weighted by Crippen LogP contribution is 2.22. The summed E-state index contributed by atoms with van der Waals surface area (Å²) in [4.78, 5) is 36.2. The van der Waals surface area contributed by atoms with Crippen molar-refractivity contribution in [3.63, 3.8) is 0 Å². The fraction of sp³-hybridized carbons (Fsp3) is 0.214. The van der Waals surface area contributed by atoms with Crippen LogP contribution in [0.2, 0.25) is 0 Å². The molecule has 0 spiro atoms. The quantitative estimate of drug-likeness (QED) is 0.455. The molecule has 1 aromatic rings. The second-order valence-corrected chi connectivity index (χ2v) is 3.92. The van der Waals surface area contributed by atoms with Crippen LogP contribution in [-0.4, -0.2) is 35.8 Å². The lowest BCUT2D eigenvalue weighted by atomic mass is 10.1. The molecule has 19 heavy (non-hydrogen) atoms. The Morgan fingerprint density at radius 1 is 1.21 bits per heavy atom. The Bertz CT molecular complexity index is 550. The van der Waals surface area contributed by atoms with Crippen LogP contribution in [0, 0.1) is 12.3 Å². The van der Waals surface area contributed by atoms with E-state index in [9.17, 15) is 14.4 Å². The topological polar surface area (TPSA) is 63.7 Å². The molecule has 1 aromatic carbocycles. The molecule has 1 aliphatic rings. The molecular formula is C14H11NO4. The van der Waals surface area contributed by atoms with Gasteiger partial charge in [0.05, 0.1) is 17.5 Å². The molecule has 96 valence electrons. The summed E-state index contributed by atoms with van der Waals surface area (Å²) in [6, 6.07) is 6.56. The molecule has 1 aliphatic heterocycles. The lowest BCUT2D eigenvalue weighted by molar-refractivity contribution is -0.142. The first-order valence-corrected chi connectivity index (χ1v) is 5.69. The number of terminal acetylenes is 1. The number of benzene rings is 1. The lowest BCUT2D eigenvalue weighted by Gasteiger charge is -2.12. The van der Waals surface area contributed by atoms with Crippen LogP contribution in [0.5, 0.6) is 0 Å². The minimum absolute atomic E-state index is 0.00421. The molecule has 0 saturated carbocycles. The van der Waals surface area contributed by atoms with Crippen LogP contribution in [0.4, 0.5) is 0 Å². The van der Waals surface area contributed by atoms with E-state index in [0.717, 1.165) is 4.90 Å². The van der Waals surface area contributed by atoms with E-state index in [2.05, 4.69) is 10.7 Å². The van der Waals surface area contributed by atoms with E-state index in [1.807, 2.05) is 0 Å². The van der Waals surface area contributed by atoms with E-state index >= 15 is 0 Å². The van der Waals surface area contributed by atoms with Crippen molar-refractivity contribution < 1.29 is 19.1 Å². The van der Waals surface area contributed by atoms with Crippen molar-refractivity contribution >= 4 is 17.8 Å². The van der Waals surface area contributed by atoms with E-state index in [1.165, 1.54) is 0 Å². The van der Waals surface area contributed by atoms with Gasteiger partial charge in [0.1, 0.15) is 0 Å². The van der Waals surface area contributed by atoms with E-state index in [1.54, 1.807) is 24.3 Å². The standard InChI is InChI=1S/C14H11NO4/c1-2-9-19-12(16)7-8-15-13(17)10-5-3-4-6-11(10)14(15)18/h1,3-6H,7-9H2. The first-order valence-electron chi connectivity index (χ1n) is 5.69. The van der Waals surface area contributed by atoms with Crippen LogP contribution in [0.3, 0.4) is 0 Å². The van der Waals surface area contributed by atoms with E-state index in [-0.39, 0.29) is 31.4 Å². The molecule has 2 amide bonds. The lowest BCUT2D eigenvalue weighted by Crippen LogP contribution is -2.32. The third-order valence-corrected chi connectivity index (χ3v) is 2.73. The van der Waals surface area contributed by atoms with Gasteiger partial charge in [-0.2, -0.15) is 0 Å². The average molecular weight is 257 g/mol. The molecule has 0 aromatic heterocycles. The number of hydrogen-bond donors (Lipinski definition) is 0. The summed E-state index contributed by atoms with van der Waals surface area (Å²) in [6.45, 7) is -0.114. The van der Waals surface area contributed by atoms with Crippen molar-refractivity contribution in [1.82, 2.24) is 4.90 Å². The maximum atomic E-state index is 12.0. The SMILES string of the molecule is C#CCOC(=O)CCN1C(=O)c2ccccc2C1=O. The minimum Gasteiger partial charge on any atom is -0.452 e. The van der Waals surface area contributed by atoms with Crippen molar-refractivity contribution in [3.8, 4) is 12.3 Å². The molecule has 1 heterocycles. The van der Waals surface area contributed by atoms with E-state index in [0.29, 0.717) is 11.1 Å². The largest absolute Gasteiger partial charge is 0.452 e. The van der Waals surface area contributed by atoms with Crippen LogP contribution >= 0.6 is 0 Å². The third-order valence-electron chi connectivity index (χ3n) is 2.73. The normalized spacial score (nSPS) is 13.1. The van der Waals surface area contributed by atoms with Crippen LogP contribution in [0.1, 0.15) is 27.1 Å². The number of esters is 1. The number of carbonyl (C=O) groups is 3. The molecule has 0 saturated heterocycles. The van der Waals surface area contributed by atoms with Gasteiger partial charge in [-0.1, -0.05) is 18.1 Å². The Labute approximate surface area is 110 Å². The van der Waals surface area contributed by atoms with E-state index in [4.69, 9.17) is 6.42 Å². The van der Waals surface area contributed by atoms with Crippen molar-refractivity contribution in [1.29, 1.82) is 0 Å². The Hall–Kier alpha value is -2.61. The number of imide groups is 1. The number of rotatable bonds is 4. The van der Waals surface area contributed by atoms with Crippen LogP contribution < -0.4 is 0 Å². The predicted molar refractivity (Wildman–Crippen MR) is 66.2 cm³/mol. The first-order chi connectivity index (χ1) is 9.15. The fourth-order valence-corrected chi connectivity index (χ4v) is 1.84. The highest BCUT2D eigenvalue weighted by atomic mass is 16.5. The number of fused-ring (bicyclic) bond motifs is 1. The van der Waals surface area contributed by atoms with Crippen LogP contribution in [0.25, 0.3) is 0 Å². The van der Waals surface area contributed by atoms with Gasteiger partial charge < -0.3 is 4.74 Å². The number of nitrogens with zero attached hydrogens (tertiary/aromatic N) is 1. The zero-order valence-electron chi connectivity index (χ0n) is 10.1. The average Bonchev–Trinajstić information content (AvgIpc) is 2.67. The van der Waals surface area contributed by atoms with E-state index < -0.39 is 5.97 Å². The summed E-state index contributed by atoms with van der Waals surface area (Å²) < 4.78 is 4.67. The van der Waals surface area contributed by atoms with Crippen LogP contribution in [0.15, 0.2) is 24.3 Å². The number of hydrogen-bond acceptors (Lipinski definition) is 4. The van der Waals surface area contributed by atoms with Gasteiger partial charge in [-0.15, -0.1) is 6.42 Å². The highest BCUT2D eigenvalue weighted by molar-refractivity contribution is 6.21. The van der Waals surface area contributed by atoms with Crippen molar-refractivity contribution in [2.45, 2.75) is 6.42 Å². The fourth-order valence-electron chi connectivity index (χ4n) is 1.84. The zero-order valence-corrected chi connectivity index (χ0v) is 10.1. The molecular weight excluding hydrogens is 246 g/mol. The molecule has 2 rings (SSSR count). The summed E-state index contributed by atoms with van der Waals surface area (Å²) in [6.07, 6.45) is 4.89. The van der Waals surface area contributed by atoms with Gasteiger partial charge in [0.15, 0.2) is 6.61 Å². The maximum Gasteiger partial charge on any atom is 0.308 e. The molecule has 0 bridgehead atoms. The Balaban J connectivity index is 2.01. The van der Waals surface area contributed by atoms with Crippen molar-refractivity contribution in [2.24, 2.45) is 0 Å². The minimum atomic E-state index is -0.533. The summed E-state index contributed by atoms with van der Waals surface area (Å²) in [7, 11) is 0. The summed E-state index contributed by atoms with van der Waals surface area (Å²) in [5.41, 5.74) is 0.731. The second kappa shape index (κ2) is 5.36. The van der Waals surface area contributed by atoms with Gasteiger partial charge in [0.2, 0.25) is 0 Å². The number of carbonyl (C=O) groups excluding carboxylic acids is 3. The Morgan fingerprint density at radius 2 is 1.79 bits per heavy atom. The Morgan fingerprint density at radius 3 is 2.32 bits per heavy atom. The molecule has 0 atom stereocenters. The molecule has 0 N–H and O–H groups in total. The predicted octanol–water partition coefficient (Wildman–Crippen LogP) is 0.849. The second-order valence-electron chi connectivity index (χ2n) is 3.92. The molecule has 0 radical (unpaired) electrons. The number of amides is 2. The van der Waals surface area contributed by atoms with Crippen molar-refractivity contribution in [2.75, 3.05) is 13.2 Å². The van der Waals surface area contributed by atoms with Crippen molar-refractivity contribution in [3.05, 3.63) is 35.4 Å². The summed E-state index contributed by atoms with van der Waals surface area (Å²) >= 11 is 0. The zero-order chi connectivity index (χ0) is 13.8. The van der Waals surface area contributed by atoms with Gasteiger partial charge in [0.25, 0.3) is 11.8 Å². The monoisotopic (exact) mass is 257 g/mol. The molecule has 0 unspecified atom stereocenters. The molecule has 0 fully saturated rings. The van der Waals surface area contributed by atoms with Gasteiger partial charge in [-0.05, 0) is 12.1 Å². The van der Waals surface area contributed by atoms with Gasteiger partial charge in [-0.25, -0.2) is 0 Å². The first kappa shape index (κ1) is 12.8. The third kappa shape index (κ3) is 2.47. The molecule has 5 nitrogen and oxygen atoms in total. The molecule has 5 heteroatoms. The summed E-state index contributed by atoms with van der Waals surface area (Å²) in [5, 5.41) is 0. The van der Waals surface area contributed by atoms with Crippen LogP contribution in [-0.2, 0) is 9.53 Å².